The molecular formula is C19H26N8O2. The first-order valence-electron chi connectivity index (χ1n) is 9.65. The number of nitrogens with one attached hydrogen (secondary N) is 1. The van der Waals surface area contributed by atoms with Crippen LogP contribution in [0.5, 0.6) is 11.5 Å². The Kier molecular flexibility index (Phi) is 7.15. The summed E-state index contributed by atoms with van der Waals surface area (Å²) < 4.78 is 11.7. The lowest BCUT2D eigenvalue weighted by Crippen LogP contribution is -2.10. The molecule has 3 aromatic rings. The Balaban J connectivity index is 1.42. The van der Waals surface area contributed by atoms with Crippen LogP contribution in [0.4, 0.5) is 11.8 Å². The molecule has 0 saturated heterocycles. The topological polar surface area (TPSA) is 151 Å². The molecule has 0 aliphatic rings. The van der Waals surface area contributed by atoms with Gasteiger partial charge >= 0.3 is 0 Å². The summed E-state index contributed by atoms with van der Waals surface area (Å²) in [6.07, 6.45) is 3.83. The van der Waals surface area contributed by atoms with Crippen LogP contribution in [-0.2, 0) is 19.3 Å². The van der Waals surface area contributed by atoms with E-state index < -0.39 is 0 Å². The van der Waals surface area contributed by atoms with Crippen molar-refractivity contribution < 1.29 is 9.47 Å². The highest BCUT2D eigenvalue weighted by Crippen LogP contribution is 2.25. The Morgan fingerprint density at radius 3 is 2.55 bits per heavy atom. The summed E-state index contributed by atoms with van der Waals surface area (Å²) in [6, 6.07) is 7.99. The molecule has 10 heteroatoms. The standard InChI is InChI=1S/C19H26N8O2/c1-2-14-17(18(20)23-19(21)22-14)29-12-6-5-11-28-15-8-4-3-7-13(15)9-10-16-24-26-27-25-16/h3-4,7-8H,2,5-6,9-12H2,1H3,(H4,20,21,22,23)(H,24,25,26,27). The Morgan fingerprint density at radius 1 is 1.00 bits per heavy atom. The van der Waals surface area contributed by atoms with Crippen molar-refractivity contribution in [1.29, 1.82) is 0 Å². The fraction of sp³-hybridized carbons (Fsp3) is 0.421. The second kappa shape index (κ2) is 10.2. The molecule has 29 heavy (non-hydrogen) atoms. The zero-order valence-electron chi connectivity index (χ0n) is 16.5. The highest BCUT2D eigenvalue weighted by atomic mass is 16.5. The lowest BCUT2D eigenvalue weighted by atomic mass is 10.1. The number of aromatic amines is 1. The molecule has 2 aromatic heterocycles. The van der Waals surface area contributed by atoms with Gasteiger partial charge in [-0.25, -0.2) is 4.98 Å². The smallest absolute Gasteiger partial charge is 0.222 e. The van der Waals surface area contributed by atoms with E-state index in [4.69, 9.17) is 20.9 Å². The van der Waals surface area contributed by atoms with E-state index in [9.17, 15) is 0 Å². The molecular weight excluding hydrogens is 372 g/mol. The predicted octanol–water partition coefficient (Wildman–Crippen LogP) is 1.74. The first-order chi connectivity index (χ1) is 14.2. The summed E-state index contributed by atoms with van der Waals surface area (Å²) >= 11 is 0. The lowest BCUT2D eigenvalue weighted by Gasteiger charge is -2.13. The second-order valence-corrected chi connectivity index (χ2v) is 6.44. The van der Waals surface area contributed by atoms with Crippen molar-refractivity contribution in [1.82, 2.24) is 30.6 Å². The van der Waals surface area contributed by atoms with Gasteiger partial charge in [-0.05, 0) is 37.3 Å². The number of hydrogen-bond acceptors (Lipinski definition) is 9. The maximum Gasteiger partial charge on any atom is 0.222 e. The van der Waals surface area contributed by atoms with Gasteiger partial charge in [-0.1, -0.05) is 30.3 Å². The van der Waals surface area contributed by atoms with Crippen molar-refractivity contribution in [3.63, 3.8) is 0 Å². The molecule has 3 rings (SSSR count). The Labute approximate surface area is 169 Å². The quantitative estimate of drug-likeness (QED) is 0.410. The van der Waals surface area contributed by atoms with E-state index >= 15 is 0 Å². The van der Waals surface area contributed by atoms with E-state index in [1.54, 1.807) is 0 Å². The van der Waals surface area contributed by atoms with Gasteiger partial charge in [-0.15, -0.1) is 10.2 Å². The number of nitrogens with two attached hydrogens (primary N) is 2. The number of nitrogen functional groups attached to an aromatic ring is 2. The van der Waals surface area contributed by atoms with Crippen LogP contribution in [0, 0.1) is 0 Å². The van der Waals surface area contributed by atoms with E-state index in [1.807, 2.05) is 25.1 Å². The largest absolute Gasteiger partial charge is 0.493 e. The molecule has 0 bridgehead atoms. The zero-order chi connectivity index (χ0) is 20.5. The number of unbranched alkanes of at least 4 members (excludes halogenated alkanes) is 1. The fourth-order valence-electron chi connectivity index (χ4n) is 2.88. The summed E-state index contributed by atoms with van der Waals surface area (Å²) in [7, 11) is 0. The number of anilines is 2. The Morgan fingerprint density at radius 2 is 1.79 bits per heavy atom. The van der Waals surface area contributed by atoms with E-state index in [0.717, 1.165) is 36.3 Å². The summed E-state index contributed by atoms with van der Waals surface area (Å²) in [6.45, 7) is 3.07. The van der Waals surface area contributed by atoms with E-state index in [1.165, 1.54) is 0 Å². The van der Waals surface area contributed by atoms with Gasteiger partial charge in [0.25, 0.3) is 0 Å². The van der Waals surface area contributed by atoms with Crippen molar-refractivity contribution in [3.05, 3.63) is 41.3 Å². The zero-order valence-corrected chi connectivity index (χ0v) is 16.5. The molecule has 0 fully saturated rings. The number of aromatic nitrogens is 6. The molecule has 154 valence electrons. The normalized spacial score (nSPS) is 10.8. The van der Waals surface area contributed by atoms with Gasteiger partial charge in [0.1, 0.15) is 5.75 Å². The molecule has 1 aromatic carbocycles. The minimum absolute atomic E-state index is 0.165. The van der Waals surface area contributed by atoms with Crippen molar-refractivity contribution >= 4 is 11.8 Å². The molecule has 0 spiro atoms. The summed E-state index contributed by atoms with van der Waals surface area (Å²) in [5.41, 5.74) is 13.4. The lowest BCUT2D eigenvalue weighted by molar-refractivity contribution is 0.263. The average molecular weight is 398 g/mol. The highest BCUT2D eigenvalue weighted by Gasteiger charge is 2.11. The van der Waals surface area contributed by atoms with Gasteiger partial charge in [-0.3, -0.25) is 0 Å². The van der Waals surface area contributed by atoms with Crippen LogP contribution in [0.3, 0.4) is 0 Å². The van der Waals surface area contributed by atoms with Crippen LogP contribution in [0.15, 0.2) is 24.3 Å². The van der Waals surface area contributed by atoms with Crippen LogP contribution in [-0.4, -0.2) is 43.8 Å². The first-order valence-corrected chi connectivity index (χ1v) is 9.65. The summed E-state index contributed by atoms with van der Waals surface area (Å²) in [5.74, 6) is 2.53. The third kappa shape index (κ3) is 5.77. The van der Waals surface area contributed by atoms with Gasteiger partial charge in [-0.2, -0.15) is 10.2 Å². The van der Waals surface area contributed by atoms with Crippen molar-refractivity contribution in [3.8, 4) is 11.5 Å². The fourth-order valence-corrected chi connectivity index (χ4v) is 2.88. The van der Waals surface area contributed by atoms with E-state index in [-0.39, 0.29) is 11.8 Å². The number of aryl methyl sites for hydroxylation is 3. The highest BCUT2D eigenvalue weighted by molar-refractivity contribution is 5.51. The number of tetrazole rings is 1. The maximum absolute atomic E-state index is 5.96. The number of rotatable bonds is 11. The van der Waals surface area contributed by atoms with Gasteiger partial charge in [0, 0.05) is 6.42 Å². The molecule has 0 amide bonds. The van der Waals surface area contributed by atoms with Gasteiger partial charge in [0.2, 0.25) is 5.95 Å². The minimum Gasteiger partial charge on any atom is -0.493 e. The van der Waals surface area contributed by atoms with Crippen molar-refractivity contribution in [2.75, 3.05) is 24.7 Å². The van der Waals surface area contributed by atoms with Gasteiger partial charge < -0.3 is 20.9 Å². The number of nitrogens with zero attached hydrogens (tertiary/aromatic N) is 5. The average Bonchev–Trinajstić information content (AvgIpc) is 3.24. The number of benzene rings is 1. The predicted molar refractivity (Wildman–Crippen MR) is 108 cm³/mol. The molecule has 0 atom stereocenters. The number of para-hydroxylation sites is 1. The molecule has 0 unspecified atom stereocenters. The monoisotopic (exact) mass is 398 g/mol. The number of ether oxygens (including phenoxy) is 2. The SMILES string of the molecule is CCc1nc(N)nc(N)c1OCCCCOc1ccccc1CCc1nn[nH]n1. The number of hydrogen-bond donors (Lipinski definition) is 3. The molecule has 2 heterocycles. The Bertz CT molecular complexity index is 901. The Hall–Kier alpha value is -3.43. The molecule has 0 radical (unpaired) electrons. The van der Waals surface area contributed by atoms with E-state index in [2.05, 4.69) is 36.7 Å². The molecule has 5 N–H and O–H groups in total. The van der Waals surface area contributed by atoms with Crippen LogP contribution >= 0.6 is 0 Å². The first kappa shape index (κ1) is 20.3. The summed E-state index contributed by atoms with van der Waals surface area (Å²) in [4.78, 5) is 8.14. The van der Waals surface area contributed by atoms with Gasteiger partial charge in [0.15, 0.2) is 17.4 Å². The molecule has 10 nitrogen and oxygen atoms in total. The van der Waals surface area contributed by atoms with Crippen LogP contribution in [0.2, 0.25) is 0 Å². The summed E-state index contributed by atoms with van der Waals surface area (Å²) in [5, 5.41) is 14.0. The van der Waals surface area contributed by atoms with Crippen molar-refractivity contribution in [2.24, 2.45) is 0 Å². The van der Waals surface area contributed by atoms with Crippen LogP contribution < -0.4 is 20.9 Å². The van der Waals surface area contributed by atoms with Gasteiger partial charge in [0.05, 0.1) is 18.9 Å². The van der Waals surface area contributed by atoms with Crippen molar-refractivity contribution in [2.45, 2.75) is 39.0 Å². The van der Waals surface area contributed by atoms with Crippen LogP contribution in [0.1, 0.15) is 36.8 Å². The third-order valence-electron chi connectivity index (χ3n) is 4.34. The number of H-pyrrole nitrogens is 1. The van der Waals surface area contributed by atoms with E-state index in [0.29, 0.717) is 37.6 Å². The molecule has 0 aliphatic carbocycles. The maximum atomic E-state index is 5.96. The second-order valence-electron chi connectivity index (χ2n) is 6.44. The molecule has 0 saturated carbocycles. The molecule has 0 aliphatic heterocycles. The third-order valence-corrected chi connectivity index (χ3v) is 4.34. The van der Waals surface area contributed by atoms with Crippen LogP contribution in [0.25, 0.3) is 0 Å². The minimum atomic E-state index is 0.165.